The summed E-state index contributed by atoms with van der Waals surface area (Å²) >= 11 is 0. The largest absolute Gasteiger partial charge is 0.321 e. The molecule has 0 aliphatic rings. The third-order valence-electron chi connectivity index (χ3n) is 3.38. The molecule has 0 saturated heterocycles. The van der Waals surface area contributed by atoms with Gasteiger partial charge in [0.2, 0.25) is 0 Å². The number of hydrogen-bond acceptors (Lipinski definition) is 2. The number of carbonyl (C=O) groups is 1. The fraction of sp³-hybridized carbons (Fsp3) is 0.158. The van der Waals surface area contributed by atoms with Gasteiger partial charge in [0.25, 0.3) is 5.91 Å². The van der Waals surface area contributed by atoms with Gasteiger partial charge in [0.15, 0.2) is 0 Å². The second-order valence-electron chi connectivity index (χ2n) is 5.35. The van der Waals surface area contributed by atoms with E-state index in [0.29, 0.717) is 0 Å². The Balaban J connectivity index is 2.22. The van der Waals surface area contributed by atoms with Crippen LogP contribution in [-0.2, 0) is 4.79 Å². The van der Waals surface area contributed by atoms with Crippen LogP contribution in [0.2, 0.25) is 0 Å². The first kappa shape index (κ1) is 15.5. The van der Waals surface area contributed by atoms with Gasteiger partial charge in [0, 0.05) is 5.69 Å². The highest BCUT2D eigenvalue weighted by Crippen LogP contribution is 2.17. The quantitative estimate of drug-likeness (QED) is 0.681. The molecule has 0 aliphatic carbocycles. The van der Waals surface area contributed by atoms with Crippen molar-refractivity contribution in [3.63, 3.8) is 0 Å². The van der Waals surface area contributed by atoms with E-state index in [1.54, 1.807) is 6.08 Å². The van der Waals surface area contributed by atoms with Gasteiger partial charge >= 0.3 is 0 Å². The zero-order valence-corrected chi connectivity index (χ0v) is 13.0. The number of nitriles is 1. The van der Waals surface area contributed by atoms with Crippen molar-refractivity contribution >= 4 is 17.7 Å². The van der Waals surface area contributed by atoms with Gasteiger partial charge < -0.3 is 5.32 Å². The summed E-state index contributed by atoms with van der Waals surface area (Å²) in [4.78, 5) is 12.3. The molecule has 1 N–H and O–H groups in total. The third kappa shape index (κ3) is 3.83. The monoisotopic (exact) mass is 290 g/mol. The van der Waals surface area contributed by atoms with Crippen molar-refractivity contribution in [1.82, 2.24) is 0 Å². The Morgan fingerprint density at radius 3 is 2.27 bits per heavy atom. The molecule has 3 heteroatoms. The number of amides is 1. The van der Waals surface area contributed by atoms with Gasteiger partial charge in [-0.15, -0.1) is 0 Å². The van der Waals surface area contributed by atoms with Crippen molar-refractivity contribution in [3.8, 4) is 6.07 Å². The summed E-state index contributed by atoms with van der Waals surface area (Å²) in [5, 5.41) is 12.0. The zero-order chi connectivity index (χ0) is 16.1. The first-order chi connectivity index (χ1) is 10.5. The van der Waals surface area contributed by atoms with E-state index >= 15 is 0 Å². The molecule has 0 aromatic heterocycles. The second-order valence-corrected chi connectivity index (χ2v) is 5.35. The number of anilines is 1. The average Bonchev–Trinajstić information content (AvgIpc) is 2.49. The number of hydrogen-bond donors (Lipinski definition) is 1. The van der Waals surface area contributed by atoms with Crippen LogP contribution in [0.3, 0.4) is 0 Å². The molecular weight excluding hydrogens is 272 g/mol. The van der Waals surface area contributed by atoms with Gasteiger partial charge in [-0.1, -0.05) is 47.5 Å². The molecule has 2 rings (SSSR count). The van der Waals surface area contributed by atoms with Crippen molar-refractivity contribution in [2.45, 2.75) is 20.8 Å². The smallest absolute Gasteiger partial charge is 0.266 e. The van der Waals surface area contributed by atoms with E-state index in [9.17, 15) is 10.1 Å². The lowest BCUT2D eigenvalue weighted by atomic mass is 10.1. The summed E-state index contributed by atoms with van der Waals surface area (Å²) in [5.41, 5.74) is 4.88. The van der Waals surface area contributed by atoms with Gasteiger partial charge in [0.1, 0.15) is 11.6 Å². The van der Waals surface area contributed by atoms with Crippen LogP contribution in [0.5, 0.6) is 0 Å². The first-order valence-corrected chi connectivity index (χ1v) is 7.06. The summed E-state index contributed by atoms with van der Waals surface area (Å²) in [7, 11) is 0. The first-order valence-electron chi connectivity index (χ1n) is 7.06. The number of nitrogens with one attached hydrogen (secondary N) is 1. The van der Waals surface area contributed by atoms with Crippen LogP contribution in [0.4, 0.5) is 5.69 Å². The van der Waals surface area contributed by atoms with Crippen LogP contribution < -0.4 is 5.32 Å². The maximum absolute atomic E-state index is 12.3. The van der Waals surface area contributed by atoms with Crippen molar-refractivity contribution in [2.24, 2.45) is 0 Å². The number of aryl methyl sites for hydroxylation is 3. The fourth-order valence-corrected chi connectivity index (χ4v) is 2.12. The zero-order valence-electron chi connectivity index (χ0n) is 13.0. The minimum atomic E-state index is -0.393. The molecule has 2 aromatic rings. The molecule has 0 spiro atoms. The highest BCUT2D eigenvalue weighted by atomic mass is 16.1. The van der Waals surface area contributed by atoms with Crippen LogP contribution in [0.15, 0.2) is 48.0 Å². The predicted molar refractivity (Wildman–Crippen MR) is 89.3 cm³/mol. The SMILES string of the molecule is Cc1ccc(/C=C(\C#N)C(=O)Nc2ccc(C)cc2C)cc1. The molecule has 0 bridgehead atoms. The van der Waals surface area contributed by atoms with E-state index in [1.807, 2.05) is 69.3 Å². The molecule has 22 heavy (non-hydrogen) atoms. The summed E-state index contributed by atoms with van der Waals surface area (Å²) in [6, 6.07) is 15.4. The number of benzene rings is 2. The topological polar surface area (TPSA) is 52.9 Å². The summed E-state index contributed by atoms with van der Waals surface area (Å²) in [5.74, 6) is -0.393. The van der Waals surface area contributed by atoms with Gasteiger partial charge in [-0.25, -0.2) is 0 Å². The molecular formula is C19H18N2O. The minimum Gasteiger partial charge on any atom is -0.321 e. The van der Waals surface area contributed by atoms with Crippen molar-refractivity contribution < 1.29 is 4.79 Å². The Morgan fingerprint density at radius 1 is 1.05 bits per heavy atom. The van der Waals surface area contributed by atoms with E-state index < -0.39 is 5.91 Å². The van der Waals surface area contributed by atoms with Crippen LogP contribution in [-0.4, -0.2) is 5.91 Å². The lowest BCUT2D eigenvalue weighted by Gasteiger charge is -2.08. The van der Waals surface area contributed by atoms with Gasteiger partial charge in [-0.2, -0.15) is 5.26 Å². The summed E-state index contributed by atoms with van der Waals surface area (Å²) < 4.78 is 0. The molecule has 0 atom stereocenters. The molecule has 2 aromatic carbocycles. The van der Waals surface area contributed by atoms with Gasteiger partial charge in [-0.3, -0.25) is 4.79 Å². The molecule has 0 saturated carbocycles. The number of carbonyl (C=O) groups excluding carboxylic acids is 1. The number of nitrogens with zero attached hydrogens (tertiary/aromatic N) is 1. The van der Waals surface area contributed by atoms with E-state index in [4.69, 9.17) is 0 Å². The maximum atomic E-state index is 12.3. The van der Waals surface area contributed by atoms with Gasteiger partial charge in [-0.05, 0) is 44.0 Å². The standard InChI is InChI=1S/C19H18N2O/c1-13-4-7-16(8-5-13)11-17(12-20)19(22)21-18-9-6-14(2)10-15(18)3/h4-11H,1-3H3,(H,21,22)/b17-11+. The summed E-state index contributed by atoms with van der Waals surface area (Å²) in [6.07, 6.45) is 1.60. The molecule has 0 aliphatic heterocycles. The normalized spacial score (nSPS) is 10.9. The Bertz CT molecular complexity index is 765. The molecule has 0 heterocycles. The van der Waals surface area contributed by atoms with Crippen LogP contribution >= 0.6 is 0 Å². The van der Waals surface area contributed by atoms with Crippen LogP contribution in [0, 0.1) is 32.1 Å². The van der Waals surface area contributed by atoms with Crippen molar-refractivity contribution in [1.29, 1.82) is 5.26 Å². The Kier molecular flexibility index (Phi) is 4.75. The highest BCUT2D eigenvalue weighted by molar-refractivity contribution is 6.09. The van der Waals surface area contributed by atoms with E-state index in [0.717, 1.165) is 27.9 Å². The minimum absolute atomic E-state index is 0.0869. The fourth-order valence-electron chi connectivity index (χ4n) is 2.12. The van der Waals surface area contributed by atoms with Crippen molar-refractivity contribution in [3.05, 3.63) is 70.3 Å². The molecule has 0 radical (unpaired) electrons. The van der Waals surface area contributed by atoms with Gasteiger partial charge in [0.05, 0.1) is 0 Å². The lowest BCUT2D eigenvalue weighted by molar-refractivity contribution is -0.112. The molecule has 1 amide bonds. The van der Waals surface area contributed by atoms with E-state index in [-0.39, 0.29) is 5.57 Å². The second kappa shape index (κ2) is 6.73. The third-order valence-corrected chi connectivity index (χ3v) is 3.38. The number of rotatable bonds is 3. The highest BCUT2D eigenvalue weighted by Gasteiger charge is 2.10. The van der Waals surface area contributed by atoms with E-state index in [2.05, 4.69) is 5.32 Å². The van der Waals surface area contributed by atoms with Crippen LogP contribution in [0.25, 0.3) is 6.08 Å². The maximum Gasteiger partial charge on any atom is 0.266 e. The molecule has 3 nitrogen and oxygen atoms in total. The summed E-state index contributed by atoms with van der Waals surface area (Å²) in [6.45, 7) is 5.92. The lowest BCUT2D eigenvalue weighted by Crippen LogP contribution is -2.14. The van der Waals surface area contributed by atoms with Crippen molar-refractivity contribution in [2.75, 3.05) is 5.32 Å². The average molecular weight is 290 g/mol. The Hall–Kier alpha value is -2.86. The predicted octanol–water partition coefficient (Wildman–Crippen LogP) is 4.16. The Labute approximate surface area is 130 Å². The molecule has 0 fully saturated rings. The molecule has 0 unspecified atom stereocenters. The van der Waals surface area contributed by atoms with Crippen LogP contribution in [0.1, 0.15) is 22.3 Å². The molecule has 110 valence electrons. The Morgan fingerprint density at radius 2 is 1.68 bits per heavy atom. The van der Waals surface area contributed by atoms with E-state index in [1.165, 1.54) is 0 Å².